The fraction of sp³-hybridized carbons (Fsp3) is 0.333. The maximum Gasteiger partial charge on any atom is 0.0807 e. The molecule has 0 fully saturated rings. The molecule has 1 N–H and O–H groups in total. The van der Waals surface area contributed by atoms with Gasteiger partial charge in [-0.15, -0.1) is 0 Å². The molecule has 2 aromatic rings. The molecule has 0 amide bonds. The summed E-state index contributed by atoms with van der Waals surface area (Å²) in [7, 11) is 0. The lowest BCUT2D eigenvalue weighted by Crippen LogP contribution is -2.10. The van der Waals surface area contributed by atoms with Crippen molar-refractivity contribution in [3.63, 3.8) is 0 Å². The van der Waals surface area contributed by atoms with Gasteiger partial charge < -0.3 is 9.67 Å². The van der Waals surface area contributed by atoms with Crippen LogP contribution in [-0.2, 0) is 6.42 Å². The average Bonchev–Trinajstić information content (AvgIpc) is 2.75. The van der Waals surface area contributed by atoms with Gasteiger partial charge in [0.05, 0.1) is 6.10 Å². The lowest BCUT2D eigenvalue weighted by molar-refractivity contribution is 0.156. The van der Waals surface area contributed by atoms with E-state index >= 15 is 0 Å². The molecule has 0 spiro atoms. The Hall–Kier alpha value is -1.54. The van der Waals surface area contributed by atoms with E-state index in [1.165, 1.54) is 16.9 Å². The van der Waals surface area contributed by atoms with E-state index < -0.39 is 0 Å². The summed E-state index contributed by atoms with van der Waals surface area (Å²) in [5, 5.41) is 9.95. The number of hydrogen-bond donors (Lipinski definition) is 1. The number of aryl methyl sites for hydroxylation is 1. The van der Waals surface area contributed by atoms with Gasteiger partial charge in [0.15, 0.2) is 0 Å². The van der Waals surface area contributed by atoms with Crippen molar-refractivity contribution in [3.05, 3.63) is 53.3 Å². The van der Waals surface area contributed by atoms with E-state index in [2.05, 4.69) is 48.0 Å². The molecule has 2 heteroatoms. The highest BCUT2D eigenvalue weighted by Crippen LogP contribution is 2.31. The Labute approximate surface area is 102 Å². The molecule has 0 radical (unpaired) electrons. The Morgan fingerprint density at radius 1 is 1.18 bits per heavy atom. The third-order valence-corrected chi connectivity index (χ3v) is 3.59. The molecule has 1 heterocycles. The Kier molecular flexibility index (Phi) is 2.52. The first-order chi connectivity index (χ1) is 8.25. The molecule has 1 unspecified atom stereocenters. The third-order valence-electron chi connectivity index (χ3n) is 3.59. The second kappa shape index (κ2) is 4.04. The molecule has 0 aliphatic heterocycles. The lowest BCUT2D eigenvalue weighted by atomic mass is 9.95. The molecular weight excluding hydrogens is 210 g/mol. The molecule has 17 heavy (non-hydrogen) atoms. The van der Waals surface area contributed by atoms with Crippen molar-refractivity contribution in [1.29, 1.82) is 0 Å². The van der Waals surface area contributed by atoms with Gasteiger partial charge in [0, 0.05) is 23.1 Å². The first-order valence-corrected chi connectivity index (χ1v) is 6.21. The van der Waals surface area contributed by atoms with Crippen molar-refractivity contribution in [1.82, 2.24) is 4.57 Å². The van der Waals surface area contributed by atoms with E-state index in [4.69, 9.17) is 0 Å². The number of hydrogen-bond acceptors (Lipinski definition) is 1. The van der Waals surface area contributed by atoms with Gasteiger partial charge in [-0.2, -0.15) is 0 Å². The fourth-order valence-electron chi connectivity index (χ4n) is 2.61. The van der Waals surface area contributed by atoms with Crippen LogP contribution < -0.4 is 0 Å². The van der Waals surface area contributed by atoms with E-state index in [-0.39, 0.29) is 6.10 Å². The summed E-state index contributed by atoms with van der Waals surface area (Å²) in [6.07, 6.45) is 4.83. The predicted molar refractivity (Wildman–Crippen MR) is 68.4 cm³/mol. The highest BCUT2D eigenvalue weighted by atomic mass is 16.3. The van der Waals surface area contributed by atoms with Crippen LogP contribution in [0.5, 0.6) is 0 Å². The van der Waals surface area contributed by atoms with Gasteiger partial charge >= 0.3 is 0 Å². The van der Waals surface area contributed by atoms with Crippen LogP contribution in [0.25, 0.3) is 5.69 Å². The molecule has 0 saturated heterocycles. The van der Waals surface area contributed by atoms with Crippen LogP contribution in [0.1, 0.15) is 35.8 Å². The second-order valence-electron chi connectivity index (χ2n) is 4.83. The number of aliphatic hydroxyl groups excluding tert-OH is 1. The van der Waals surface area contributed by atoms with Crippen molar-refractivity contribution < 1.29 is 5.11 Å². The molecular formula is C15H17NO. The van der Waals surface area contributed by atoms with Crippen LogP contribution >= 0.6 is 0 Å². The highest BCUT2D eigenvalue weighted by molar-refractivity contribution is 5.41. The smallest absolute Gasteiger partial charge is 0.0807 e. The van der Waals surface area contributed by atoms with Gasteiger partial charge in [0.1, 0.15) is 0 Å². The minimum Gasteiger partial charge on any atom is -0.388 e. The summed E-state index contributed by atoms with van der Waals surface area (Å²) < 4.78 is 2.21. The zero-order valence-corrected chi connectivity index (χ0v) is 10.1. The van der Waals surface area contributed by atoms with Crippen LogP contribution in [0.2, 0.25) is 0 Å². The minimum absolute atomic E-state index is 0.273. The van der Waals surface area contributed by atoms with Gasteiger partial charge in [-0.05, 0) is 44.4 Å². The molecule has 0 bridgehead atoms. The monoisotopic (exact) mass is 227 g/mol. The largest absolute Gasteiger partial charge is 0.388 e. The summed E-state index contributed by atoms with van der Waals surface area (Å²) in [6.45, 7) is 2.10. The number of benzene rings is 1. The Morgan fingerprint density at radius 3 is 2.71 bits per heavy atom. The van der Waals surface area contributed by atoms with Gasteiger partial charge in [-0.25, -0.2) is 0 Å². The predicted octanol–water partition coefficient (Wildman–Crippen LogP) is 3.16. The summed E-state index contributed by atoms with van der Waals surface area (Å²) in [5.41, 5.74) is 4.84. The highest BCUT2D eigenvalue weighted by Gasteiger charge is 2.21. The van der Waals surface area contributed by atoms with Crippen LogP contribution in [0.4, 0.5) is 0 Å². The molecule has 1 aliphatic carbocycles. The van der Waals surface area contributed by atoms with Crippen LogP contribution in [0.15, 0.2) is 36.5 Å². The third kappa shape index (κ3) is 1.79. The van der Waals surface area contributed by atoms with Gasteiger partial charge in [0.2, 0.25) is 0 Å². The van der Waals surface area contributed by atoms with Gasteiger partial charge in [-0.1, -0.05) is 17.7 Å². The Morgan fingerprint density at radius 2 is 1.94 bits per heavy atom. The second-order valence-corrected chi connectivity index (χ2v) is 4.83. The molecule has 1 atom stereocenters. The Balaban J connectivity index is 2.07. The number of rotatable bonds is 1. The van der Waals surface area contributed by atoms with E-state index in [9.17, 15) is 5.11 Å². The normalized spacial score (nSPS) is 19.1. The zero-order valence-electron chi connectivity index (χ0n) is 10.1. The molecule has 0 saturated carbocycles. The molecule has 2 nitrogen and oxygen atoms in total. The molecule has 88 valence electrons. The average molecular weight is 227 g/mol. The van der Waals surface area contributed by atoms with Crippen LogP contribution in [-0.4, -0.2) is 9.67 Å². The fourth-order valence-corrected chi connectivity index (χ4v) is 2.61. The van der Waals surface area contributed by atoms with Gasteiger partial charge in [-0.3, -0.25) is 0 Å². The number of aliphatic hydroxyl groups is 1. The molecule has 1 aromatic heterocycles. The summed E-state index contributed by atoms with van der Waals surface area (Å²) in [4.78, 5) is 0. The first kappa shape index (κ1) is 10.6. The van der Waals surface area contributed by atoms with Gasteiger partial charge in [0.25, 0.3) is 0 Å². The van der Waals surface area contributed by atoms with Crippen molar-refractivity contribution in [2.24, 2.45) is 0 Å². The summed E-state index contributed by atoms with van der Waals surface area (Å²) >= 11 is 0. The van der Waals surface area contributed by atoms with E-state index in [1.54, 1.807) is 0 Å². The SMILES string of the molecule is Cc1ccc(-n2ccc3c2CCCC3O)cc1. The maximum atomic E-state index is 9.95. The van der Waals surface area contributed by atoms with Crippen molar-refractivity contribution in [2.75, 3.05) is 0 Å². The number of aromatic nitrogens is 1. The zero-order chi connectivity index (χ0) is 11.8. The quantitative estimate of drug-likeness (QED) is 0.795. The Bertz CT molecular complexity index is 524. The number of nitrogens with zero attached hydrogens (tertiary/aromatic N) is 1. The van der Waals surface area contributed by atoms with Crippen LogP contribution in [0, 0.1) is 6.92 Å². The first-order valence-electron chi connectivity index (χ1n) is 6.21. The van der Waals surface area contributed by atoms with E-state index in [1.807, 2.05) is 0 Å². The van der Waals surface area contributed by atoms with Crippen LogP contribution in [0.3, 0.4) is 0 Å². The number of fused-ring (bicyclic) bond motifs is 1. The minimum atomic E-state index is -0.273. The van der Waals surface area contributed by atoms with Crippen molar-refractivity contribution in [3.8, 4) is 5.69 Å². The summed E-state index contributed by atoms with van der Waals surface area (Å²) in [6, 6.07) is 10.6. The molecule has 3 rings (SSSR count). The summed E-state index contributed by atoms with van der Waals surface area (Å²) in [5.74, 6) is 0. The van der Waals surface area contributed by atoms with Crippen molar-refractivity contribution in [2.45, 2.75) is 32.3 Å². The van der Waals surface area contributed by atoms with E-state index in [0.717, 1.165) is 24.8 Å². The lowest BCUT2D eigenvalue weighted by Gasteiger charge is -2.20. The topological polar surface area (TPSA) is 25.2 Å². The molecule has 1 aliphatic rings. The van der Waals surface area contributed by atoms with E-state index in [0.29, 0.717) is 0 Å². The molecule has 1 aromatic carbocycles. The van der Waals surface area contributed by atoms with Crippen molar-refractivity contribution >= 4 is 0 Å². The maximum absolute atomic E-state index is 9.95. The standard InChI is InChI=1S/C15H17NO/c1-11-5-7-12(8-6-11)16-10-9-13-14(16)3-2-4-15(13)17/h5-10,15,17H,2-4H2,1H3.